The van der Waals surface area contributed by atoms with Gasteiger partial charge in [-0.05, 0) is 36.4 Å². The van der Waals surface area contributed by atoms with Gasteiger partial charge in [0.15, 0.2) is 19.0 Å². The summed E-state index contributed by atoms with van der Waals surface area (Å²) >= 11 is 0. The number of anilines is 1. The van der Waals surface area contributed by atoms with Crippen LogP contribution < -0.4 is 10.1 Å². The average molecular weight is 407 g/mol. The number of halogens is 1. The molecule has 1 N–H and O–H groups in total. The quantitative estimate of drug-likeness (QED) is 0.456. The lowest BCUT2D eigenvalue weighted by Gasteiger charge is -2.11. The minimum absolute atomic E-state index is 0.240. The number of carbonyl (C=O) groups is 3. The van der Waals surface area contributed by atoms with Crippen molar-refractivity contribution < 1.29 is 28.2 Å². The van der Waals surface area contributed by atoms with Crippen molar-refractivity contribution >= 4 is 23.3 Å². The molecule has 1 amide bonds. The average Bonchev–Trinajstić information content (AvgIpc) is 2.78. The molecule has 0 aromatic heterocycles. The largest absolute Gasteiger partial charge is 0.482 e. The van der Waals surface area contributed by atoms with E-state index in [4.69, 9.17) is 9.47 Å². The molecular formula is C23H18FNO5. The first-order valence-corrected chi connectivity index (χ1v) is 9.05. The van der Waals surface area contributed by atoms with Crippen molar-refractivity contribution in [2.45, 2.75) is 0 Å². The van der Waals surface area contributed by atoms with Gasteiger partial charge < -0.3 is 14.8 Å². The number of carbonyl (C=O) groups excluding carboxylic acids is 3. The van der Waals surface area contributed by atoms with Crippen LogP contribution in [0.2, 0.25) is 0 Å². The predicted octanol–water partition coefficient (Wildman–Crippen LogP) is 3.62. The third-order valence-corrected chi connectivity index (χ3v) is 4.02. The molecule has 0 spiro atoms. The maximum absolute atomic E-state index is 12.8. The van der Waals surface area contributed by atoms with Gasteiger partial charge in [0.25, 0.3) is 5.91 Å². The first-order chi connectivity index (χ1) is 14.5. The molecule has 7 heteroatoms. The van der Waals surface area contributed by atoms with E-state index < -0.39 is 30.9 Å². The Morgan fingerprint density at radius 1 is 0.800 bits per heavy atom. The van der Waals surface area contributed by atoms with E-state index in [2.05, 4.69) is 5.32 Å². The Balaban J connectivity index is 1.53. The van der Waals surface area contributed by atoms with Gasteiger partial charge in [-0.3, -0.25) is 9.59 Å². The van der Waals surface area contributed by atoms with Crippen LogP contribution >= 0.6 is 0 Å². The van der Waals surface area contributed by atoms with Gasteiger partial charge in [0.05, 0.1) is 5.69 Å². The molecule has 152 valence electrons. The van der Waals surface area contributed by atoms with Crippen LogP contribution in [0.15, 0.2) is 78.9 Å². The highest BCUT2D eigenvalue weighted by molar-refractivity contribution is 6.13. The van der Waals surface area contributed by atoms with Crippen molar-refractivity contribution in [3.63, 3.8) is 0 Å². The Kier molecular flexibility index (Phi) is 6.89. The monoisotopic (exact) mass is 407 g/mol. The van der Waals surface area contributed by atoms with Gasteiger partial charge in [0.1, 0.15) is 11.6 Å². The van der Waals surface area contributed by atoms with E-state index in [0.717, 1.165) is 0 Å². The molecule has 3 rings (SSSR count). The molecule has 0 aliphatic heterocycles. The zero-order valence-corrected chi connectivity index (χ0v) is 15.8. The Hall–Kier alpha value is -4.00. The van der Waals surface area contributed by atoms with Crippen LogP contribution in [0.3, 0.4) is 0 Å². The summed E-state index contributed by atoms with van der Waals surface area (Å²) in [6, 6.07) is 20.4. The predicted molar refractivity (Wildman–Crippen MR) is 108 cm³/mol. The third-order valence-electron chi connectivity index (χ3n) is 4.02. The molecule has 30 heavy (non-hydrogen) atoms. The van der Waals surface area contributed by atoms with Crippen LogP contribution in [0.4, 0.5) is 10.1 Å². The topological polar surface area (TPSA) is 81.7 Å². The van der Waals surface area contributed by atoms with E-state index in [1.165, 1.54) is 24.3 Å². The second kappa shape index (κ2) is 9.97. The van der Waals surface area contributed by atoms with Crippen LogP contribution in [0.25, 0.3) is 0 Å². The molecule has 0 heterocycles. The summed E-state index contributed by atoms with van der Waals surface area (Å²) in [5.41, 5.74) is 1.13. The molecule has 0 bridgehead atoms. The van der Waals surface area contributed by atoms with Crippen LogP contribution in [0.1, 0.15) is 15.9 Å². The molecule has 0 aliphatic carbocycles. The summed E-state index contributed by atoms with van der Waals surface area (Å²) < 4.78 is 22.9. The summed E-state index contributed by atoms with van der Waals surface area (Å²) in [7, 11) is 0. The molecule has 3 aromatic carbocycles. The van der Waals surface area contributed by atoms with Gasteiger partial charge in [0, 0.05) is 11.1 Å². The van der Waals surface area contributed by atoms with Crippen molar-refractivity contribution in [3.8, 4) is 5.75 Å². The molecule has 0 aliphatic rings. The highest BCUT2D eigenvalue weighted by Crippen LogP contribution is 2.19. The van der Waals surface area contributed by atoms with Crippen LogP contribution in [-0.2, 0) is 14.3 Å². The van der Waals surface area contributed by atoms with Gasteiger partial charge in [0.2, 0.25) is 0 Å². The first kappa shape index (κ1) is 20.7. The lowest BCUT2D eigenvalue weighted by atomic mass is 10.0. The smallest absolute Gasteiger partial charge is 0.344 e. The standard InChI is InChI=1S/C23H18FNO5/c24-17-10-12-18(13-11-17)29-15-22(27)30-14-21(26)25-20-9-5-4-8-19(20)23(28)16-6-2-1-3-7-16/h1-13H,14-15H2,(H,25,26). The fourth-order valence-corrected chi connectivity index (χ4v) is 2.58. The molecule has 0 fully saturated rings. The van der Waals surface area contributed by atoms with E-state index in [9.17, 15) is 18.8 Å². The molecule has 0 saturated carbocycles. The highest BCUT2D eigenvalue weighted by atomic mass is 19.1. The maximum atomic E-state index is 12.8. The Morgan fingerprint density at radius 3 is 2.20 bits per heavy atom. The number of para-hydroxylation sites is 1. The van der Waals surface area contributed by atoms with Crippen molar-refractivity contribution in [2.75, 3.05) is 18.5 Å². The maximum Gasteiger partial charge on any atom is 0.344 e. The molecule has 0 unspecified atom stereocenters. The van der Waals surface area contributed by atoms with Crippen molar-refractivity contribution in [3.05, 3.63) is 95.8 Å². The first-order valence-electron chi connectivity index (χ1n) is 9.05. The van der Waals surface area contributed by atoms with E-state index in [0.29, 0.717) is 22.6 Å². The Morgan fingerprint density at radius 2 is 1.47 bits per heavy atom. The second-order valence-corrected chi connectivity index (χ2v) is 6.19. The minimum atomic E-state index is -0.761. The fourth-order valence-electron chi connectivity index (χ4n) is 2.58. The van der Waals surface area contributed by atoms with E-state index in [-0.39, 0.29) is 5.78 Å². The SMILES string of the molecule is O=C(COC(=O)COc1ccc(F)cc1)Nc1ccccc1C(=O)c1ccccc1. The van der Waals surface area contributed by atoms with Crippen molar-refractivity contribution in [1.29, 1.82) is 0 Å². The van der Waals surface area contributed by atoms with E-state index >= 15 is 0 Å². The number of ketones is 1. The van der Waals surface area contributed by atoms with Crippen molar-refractivity contribution in [2.24, 2.45) is 0 Å². The van der Waals surface area contributed by atoms with Gasteiger partial charge in [-0.15, -0.1) is 0 Å². The number of amides is 1. The van der Waals surface area contributed by atoms with Gasteiger partial charge in [-0.2, -0.15) is 0 Å². The number of rotatable bonds is 8. The molecule has 3 aromatic rings. The number of benzene rings is 3. The minimum Gasteiger partial charge on any atom is -0.482 e. The summed E-state index contributed by atoms with van der Waals surface area (Å²) in [6.07, 6.45) is 0. The van der Waals surface area contributed by atoms with Crippen LogP contribution in [-0.4, -0.2) is 30.9 Å². The second-order valence-electron chi connectivity index (χ2n) is 6.19. The normalized spacial score (nSPS) is 10.2. The highest BCUT2D eigenvalue weighted by Gasteiger charge is 2.15. The summed E-state index contributed by atoms with van der Waals surface area (Å²) in [5, 5.41) is 2.58. The number of ether oxygens (including phenoxy) is 2. The zero-order chi connectivity index (χ0) is 21.3. The zero-order valence-electron chi connectivity index (χ0n) is 15.8. The molecule has 6 nitrogen and oxygen atoms in total. The van der Waals surface area contributed by atoms with Crippen molar-refractivity contribution in [1.82, 2.24) is 0 Å². The Labute approximate surface area is 172 Å². The van der Waals surface area contributed by atoms with Gasteiger partial charge >= 0.3 is 5.97 Å². The molecule has 0 radical (unpaired) electrons. The molecule has 0 saturated heterocycles. The van der Waals surface area contributed by atoms with Crippen LogP contribution in [0, 0.1) is 5.82 Å². The summed E-state index contributed by atoms with van der Waals surface area (Å²) in [6.45, 7) is -0.971. The van der Waals surface area contributed by atoms with E-state index in [1.54, 1.807) is 54.6 Å². The fraction of sp³-hybridized carbons (Fsp3) is 0.0870. The number of esters is 1. The number of nitrogens with one attached hydrogen (secondary N) is 1. The van der Waals surface area contributed by atoms with E-state index in [1.807, 2.05) is 0 Å². The van der Waals surface area contributed by atoms with Gasteiger partial charge in [-0.1, -0.05) is 42.5 Å². The third kappa shape index (κ3) is 5.75. The lowest BCUT2D eigenvalue weighted by molar-refractivity contribution is -0.149. The van der Waals surface area contributed by atoms with Gasteiger partial charge in [-0.25, -0.2) is 9.18 Å². The number of hydrogen-bond donors (Lipinski definition) is 1. The molecular weight excluding hydrogens is 389 g/mol. The van der Waals surface area contributed by atoms with Crippen LogP contribution in [0.5, 0.6) is 5.75 Å². The molecule has 0 atom stereocenters. The number of hydrogen-bond acceptors (Lipinski definition) is 5. The Bertz CT molecular complexity index is 1030. The summed E-state index contributed by atoms with van der Waals surface area (Å²) in [4.78, 5) is 36.6. The summed E-state index contributed by atoms with van der Waals surface area (Å²) in [5.74, 6) is -1.73. The lowest BCUT2D eigenvalue weighted by Crippen LogP contribution is -2.24.